The highest BCUT2D eigenvalue weighted by atomic mass is 17.2. The van der Waals surface area contributed by atoms with Crippen LogP contribution in [0.2, 0.25) is 0 Å². The Balaban J connectivity index is 2.43. The molecule has 4 nitrogen and oxygen atoms in total. The molecule has 1 aromatic rings. The summed E-state index contributed by atoms with van der Waals surface area (Å²) < 4.78 is 5.48. The number of rotatable bonds is 7. The SMILES string of the molecule is CCCCOOC(=O)c1ccc(OC(C)C)cc1. The van der Waals surface area contributed by atoms with Gasteiger partial charge in [-0.15, -0.1) is 0 Å². The number of carbonyl (C=O) groups excluding carboxylic acids is 1. The molecule has 0 spiro atoms. The van der Waals surface area contributed by atoms with Crippen LogP contribution >= 0.6 is 0 Å². The lowest BCUT2D eigenvalue weighted by Gasteiger charge is -2.09. The molecule has 0 radical (unpaired) electrons. The van der Waals surface area contributed by atoms with Crippen molar-refractivity contribution in [1.82, 2.24) is 0 Å². The quantitative estimate of drug-likeness (QED) is 0.424. The minimum absolute atomic E-state index is 0.111. The van der Waals surface area contributed by atoms with E-state index in [4.69, 9.17) is 9.62 Å². The second-order valence-corrected chi connectivity index (χ2v) is 4.24. The van der Waals surface area contributed by atoms with Gasteiger partial charge in [-0.25, -0.2) is 4.79 Å². The number of hydrogen-bond acceptors (Lipinski definition) is 4. The molecular formula is C14H20O4. The molecule has 0 fully saturated rings. The van der Waals surface area contributed by atoms with Crippen molar-refractivity contribution >= 4 is 5.97 Å². The van der Waals surface area contributed by atoms with E-state index in [-0.39, 0.29) is 6.10 Å². The Hall–Kier alpha value is -1.55. The van der Waals surface area contributed by atoms with E-state index in [1.165, 1.54) is 0 Å². The number of benzene rings is 1. The van der Waals surface area contributed by atoms with Crippen molar-refractivity contribution in [3.05, 3.63) is 29.8 Å². The first kappa shape index (κ1) is 14.5. The predicted octanol–water partition coefficient (Wildman–Crippen LogP) is 3.36. The molecule has 18 heavy (non-hydrogen) atoms. The highest BCUT2D eigenvalue weighted by molar-refractivity contribution is 5.89. The summed E-state index contributed by atoms with van der Waals surface area (Å²) in [5.74, 6) is 0.246. The summed E-state index contributed by atoms with van der Waals surface area (Å²) in [4.78, 5) is 21.0. The second kappa shape index (κ2) is 7.71. The summed E-state index contributed by atoms with van der Waals surface area (Å²) in [5.41, 5.74) is 0.447. The van der Waals surface area contributed by atoms with Crippen LogP contribution in [0.25, 0.3) is 0 Å². The summed E-state index contributed by atoms with van der Waals surface area (Å²) in [6, 6.07) is 6.79. The lowest BCUT2D eigenvalue weighted by molar-refractivity contribution is -0.241. The Bertz CT molecular complexity index is 357. The molecule has 0 bridgehead atoms. The van der Waals surface area contributed by atoms with Gasteiger partial charge in [-0.3, -0.25) is 4.89 Å². The van der Waals surface area contributed by atoms with Gasteiger partial charge in [0, 0.05) is 0 Å². The number of hydrogen-bond donors (Lipinski definition) is 0. The Kier molecular flexibility index (Phi) is 6.22. The van der Waals surface area contributed by atoms with Crippen molar-refractivity contribution in [3.63, 3.8) is 0 Å². The predicted molar refractivity (Wildman–Crippen MR) is 68.5 cm³/mol. The van der Waals surface area contributed by atoms with Gasteiger partial charge in [-0.05, 0) is 44.5 Å². The third-order valence-electron chi connectivity index (χ3n) is 2.18. The molecule has 1 rings (SSSR count). The highest BCUT2D eigenvalue weighted by Gasteiger charge is 2.08. The third kappa shape index (κ3) is 5.19. The Morgan fingerprint density at radius 3 is 2.44 bits per heavy atom. The van der Waals surface area contributed by atoms with E-state index in [1.807, 2.05) is 20.8 Å². The lowest BCUT2D eigenvalue weighted by atomic mass is 10.2. The molecule has 100 valence electrons. The van der Waals surface area contributed by atoms with Crippen LogP contribution in [-0.4, -0.2) is 18.7 Å². The Morgan fingerprint density at radius 2 is 1.89 bits per heavy atom. The highest BCUT2D eigenvalue weighted by Crippen LogP contribution is 2.14. The minimum Gasteiger partial charge on any atom is -0.491 e. The van der Waals surface area contributed by atoms with Gasteiger partial charge >= 0.3 is 5.97 Å². The first-order chi connectivity index (χ1) is 8.63. The summed E-state index contributed by atoms with van der Waals surface area (Å²) in [5, 5.41) is 0. The topological polar surface area (TPSA) is 44.8 Å². The minimum atomic E-state index is -0.484. The van der Waals surface area contributed by atoms with Gasteiger partial charge in [-0.2, -0.15) is 4.89 Å². The van der Waals surface area contributed by atoms with Crippen molar-refractivity contribution in [3.8, 4) is 5.75 Å². The van der Waals surface area contributed by atoms with Gasteiger partial charge in [0.15, 0.2) is 0 Å². The van der Waals surface area contributed by atoms with Gasteiger partial charge in [0.1, 0.15) is 5.75 Å². The average Bonchev–Trinajstić information content (AvgIpc) is 2.34. The molecule has 1 aromatic carbocycles. The number of ether oxygens (including phenoxy) is 1. The molecule has 0 N–H and O–H groups in total. The van der Waals surface area contributed by atoms with Gasteiger partial charge in [0.25, 0.3) is 0 Å². The first-order valence-corrected chi connectivity index (χ1v) is 6.24. The second-order valence-electron chi connectivity index (χ2n) is 4.24. The fourth-order valence-electron chi connectivity index (χ4n) is 1.29. The van der Waals surface area contributed by atoms with E-state index >= 15 is 0 Å². The van der Waals surface area contributed by atoms with Crippen LogP contribution in [0, 0.1) is 0 Å². The Morgan fingerprint density at radius 1 is 1.22 bits per heavy atom. The molecule has 0 saturated carbocycles. The molecule has 0 aromatic heterocycles. The van der Waals surface area contributed by atoms with Crippen LogP contribution in [0.1, 0.15) is 44.0 Å². The van der Waals surface area contributed by atoms with E-state index in [0.29, 0.717) is 12.2 Å². The van der Waals surface area contributed by atoms with Crippen LogP contribution in [-0.2, 0) is 9.78 Å². The average molecular weight is 252 g/mol. The molecule has 4 heteroatoms. The van der Waals surface area contributed by atoms with Gasteiger partial charge in [-0.1, -0.05) is 13.3 Å². The molecule has 0 aliphatic carbocycles. The molecule has 0 aliphatic rings. The summed E-state index contributed by atoms with van der Waals surface area (Å²) in [6.07, 6.45) is 1.98. The normalized spacial score (nSPS) is 10.4. The summed E-state index contributed by atoms with van der Waals surface area (Å²) in [7, 11) is 0. The van der Waals surface area contributed by atoms with E-state index in [9.17, 15) is 4.79 Å². The maximum Gasteiger partial charge on any atom is 0.373 e. The largest absolute Gasteiger partial charge is 0.491 e. The van der Waals surface area contributed by atoms with Crippen molar-refractivity contribution in [2.45, 2.75) is 39.7 Å². The van der Waals surface area contributed by atoms with Crippen molar-refractivity contribution in [1.29, 1.82) is 0 Å². The van der Waals surface area contributed by atoms with Crippen LogP contribution < -0.4 is 4.74 Å². The summed E-state index contributed by atoms with van der Waals surface area (Å²) in [6.45, 7) is 6.36. The molecular weight excluding hydrogens is 232 g/mol. The zero-order chi connectivity index (χ0) is 13.4. The number of unbranched alkanes of at least 4 members (excludes halogenated alkanes) is 1. The van der Waals surface area contributed by atoms with E-state index in [0.717, 1.165) is 18.6 Å². The molecule has 0 saturated heterocycles. The van der Waals surface area contributed by atoms with Crippen LogP contribution in [0.4, 0.5) is 0 Å². The molecule has 0 aliphatic heterocycles. The van der Waals surface area contributed by atoms with Gasteiger partial charge in [0.05, 0.1) is 18.3 Å². The van der Waals surface area contributed by atoms with Crippen molar-refractivity contribution in [2.75, 3.05) is 6.61 Å². The summed E-state index contributed by atoms with van der Waals surface area (Å²) >= 11 is 0. The maximum absolute atomic E-state index is 11.6. The molecule has 0 unspecified atom stereocenters. The fraction of sp³-hybridized carbons (Fsp3) is 0.500. The van der Waals surface area contributed by atoms with Crippen LogP contribution in [0.15, 0.2) is 24.3 Å². The zero-order valence-electron chi connectivity index (χ0n) is 11.1. The maximum atomic E-state index is 11.6. The third-order valence-corrected chi connectivity index (χ3v) is 2.18. The smallest absolute Gasteiger partial charge is 0.373 e. The molecule has 0 amide bonds. The van der Waals surface area contributed by atoms with Crippen molar-refractivity contribution < 1.29 is 19.3 Å². The van der Waals surface area contributed by atoms with Crippen molar-refractivity contribution in [2.24, 2.45) is 0 Å². The number of carbonyl (C=O) groups is 1. The Labute approximate surface area is 108 Å². The van der Waals surface area contributed by atoms with Gasteiger partial charge in [0.2, 0.25) is 0 Å². The monoisotopic (exact) mass is 252 g/mol. The van der Waals surface area contributed by atoms with Crippen LogP contribution in [0.5, 0.6) is 5.75 Å². The standard InChI is InChI=1S/C14H20O4/c1-4-5-10-16-18-14(15)12-6-8-13(9-7-12)17-11(2)3/h6-9,11H,4-5,10H2,1-3H3. The van der Waals surface area contributed by atoms with E-state index in [1.54, 1.807) is 24.3 Å². The van der Waals surface area contributed by atoms with Crippen LogP contribution in [0.3, 0.4) is 0 Å². The zero-order valence-corrected chi connectivity index (χ0v) is 11.1. The first-order valence-electron chi connectivity index (χ1n) is 6.24. The van der Waals surface area contributed by atoms with E-state index < -0.39 is 5.97 Å². The van der Waals surface area contributed by atoms with Gasteiger partial charge < -0.3 is 4.74 Å². The molecule has 0 heterocycles. The fourth-order valence-corrected chi connectivity index (χ4v) is 1.29. The molecule has 0 atom stereocenters. The van der Waals surface area contributed by atoms with E-state index in [2.05, 4.69) is 4.89 Å². The lowest BCUT2D eigenvalue weighted by Crippen LogP contribution is -2.08.